The highest BCUT2D eigenvalue weighted by molar-refractivity contribution is 4.93. The lowest BCUT2D eigenvalue weighted by molar-refractivity contribution is -0.157. The molecule has 20 heavy (non-hydrogen) atoms. The summed E-state index contributed by atoms with van der Waals surface area (Å²) in [5, 5.41) is 0. The number of hydrogen-bond acceptors (Lipinski definition) is 3. The lowest BCUT2D eigenvalue weighted by Crippen LogP contribution is -2.47. The topological polar surface area (TPSA) is 44.5 Å². The predicted molar refractivity (Wildman–Crippen MR) is 80.5 cm³/mol. The van der Waals surface area contributed by atoms with Gasteiger partial charge in [0.1, 0.15) is 0 Å². The predicted octanol–water partition coefficient (Wildman–Crippen LogP) is 2.97. The summed E-state index contributed by atoms with van der Waals surface area (Å²) in [5.74, 6) is 3.31. The molecular weight excluding hydrogens is 250 g/mol. The molecule has 1 saturated carbocycles. The van der Waals surface area contributed by atoms with Crippen molar-refractivity contribution in [3.8, 4) is 0 Å². The molecule has 0 aromatic heterocycles. The average molecular weight is 281 g/mol. The Kier molecular flexibility index (Phi) is 4.68. The fourth-order valence-corrected chi connectivity index (χ4v) is 4.88. The van der Waals surface area contributed by atoms with E-state index in [1.807, 2.05) is 0 Å². The molecule has 0 amide bonds. The van der Waals surface area contributed by atoms with E-state index >= 15 is 0 Å². The third kappa shape index (κ3) is 3.05. The normalized spacial score (nSPS) is 41.7. The Bertz CT molecular complexity index is 309. The molecule has 3 aliphatic rings. The van der Waals surface area contributed by atoms with Gasteiger partial charge in [-0.25, -0.2) is 0 Å². The molecule has 3 nitrogen and oxygen atoms in total. The lowest BCUT2D eigenvalue weighted by Gasteiger charge is -2.48. The molecule has 2 heterocycles. The summed E-state index contributed by atoms with van der Waals surface area (Å²) in [5.41, 5.74) is 6.20. The first-order valence-electron chi connectivity index (χ1n) is 8.64. The summed E-state index contributed by atoms with van der Waals surface area (Å²) in [6.07, 6.45) is 8.80. The maximum atomic E-state index is 6.21. The van der Waals surface area contributed by atoms with Crippen molar-refractivity contribution in [3.05, 3.63) is 0 Å². The first kappa shape index (κ1) is 14.8. The summed E-state index contributed by atoms with van der Waals surface area (Å²) in [7, 11) is 0. The second kappa shape index (κ2) is 6.33. The van der Waals surface area contributed by atoms with Crippen LogP contribution in [0.1, 0.15) is 51.9 Å². The van der Waals surface area contributed by atoms with Crippen LogP contribution in [0.3, 0.4) is 0 Å². The molecule has 0 bridgehead atoms. The van der Waals surface area contributed by atoms with Crippen molar-refractivity contribution in [1.82, 2.24) is 0 Å². The van der Waals surface area contributed by atoms with E-state index in [1.54, 1.807) is 0 Å². The van der Waals surface area contributed by atoms with E-state index in [-0.39, 0.29) is 5.60 Å². The molecular formula is C17H31NO2. The van der Waals surface area contributed by atoms with Crippen LogP contribution in [0.5, 0.6) is 0 Å². The molecule has 3 rings (SSSR count). The van der Waals surface area contributed by atoms with Crippen LogP contribution in [0.2, 0.25) is 0 Å². The van der Waals surface area contributed by atoms with Gasteiger partial charge in [0.15, 0.2) is 0 Å². The summed E-state index contributed by atoms with van der Waals surface area (Å²) in [4.78, 5) is 0. The van der Waals surface area contributed by atoms with Gasteiger partial charge in [-0.1, -0.05) is 13.3 Å². The molecule has 0 aromatic carbocycles. The van der Waals surface area contributed by atoms with Gasteiger partial charge in [-0.15, -0.1) is 0 Å². The second-order valence-corrected chi connectivity index (χ2v) is 7.47. The van der Waals surface area contributed by atoms with Crippen molar-refractivity contribution in [3.63, 3.8) is 0 Å². The summed E-state index contributed by atoms with van der Waals surface area (Å²) < 4.78 is 11.7. The highest BCUT2D eigenvalue weighted by Gasteiger charge is 2.43. The first-order chi connectivity index (χ1) is 9.72. The minimum atomic E-state index is 0.140. The van der Waals surface area contributed by atoms with E-state index in [0.717, 1.165) is 62.9 Å². The number of hydrogen-bond donors (Lipinski definition) is 1. The quantitative estimate of drug-likeness (QED) is 0.846. The largest absolute Gasteiger partial charge is 0.381 e. The van der Waals surface area contributed by atoms with E-state index in [2.05, 4.69) is 6.92 Å². The molecule has 0 radical (unpaired) electrons. The van der Waals surface area contributed by atoms with Crippen LogP contribution in [0, 0.1) is 23.7 Å². The van der Waals surface area contributed by atoms with Gasteiger partial charge in [-0.2, -0.15) is 0 Å². The van der Waals surface area contributed by atoms with Gasteiger partial charge in [0.05, 0.1) is 5.60 Å². The molecule has 1 spiro atoms. The maximum Gasteiger partial charge on any atom is 0.0729 e. The molecule has 4 atom stereocenters. The van der Waals surface area contributed by atoms with Crippen molar-refractivity contribution in [1.29, 1.82) is 0 Å². The molecule has 0 aromatic rings. The van der Waals surface area contributed by atoms with Crippen molar-refractivity contribution in [2.24, 2.45) is 29.4 Å². The Labute approximate surface area is 123 Å². The Morgan fingerprint density at radius 2 is 1.90 bits per heavy atom. The first-order valence-corrected chi connectivity index (χ1v) is 8.64. The highest BCUT2D eigenvalue weighted by atomic mass is 16.5. The molecule has 2 N–H and O–H groups in total. The Morgan fingerprint density at radius 3 is 2.65 bits per heavy atom. The summed E-state index contributed by atoms with van der Waals surface area (Å²) in [6, 6.07) is 0. The maximum absolute atomic E-state index is 6.21. The number of rotatable bonds is 2. The third-order valence-corrected chi connectivity index (χ3v) is 6.15. The van der Waals surface area contributed by atoms with Crippen molar-refractivity contribution in [2.45, 2.75) is 57.5 Å². The fourth-order valence-electron chi connectivity index (χ4n) is 4.88. The van der Waals surface area contributed by atoms with Gasteiger partial charge >= 0.3 is 0 Å². The summed E-state index contributed by atoms with van der Waals surface area (Å²) in [6.45, 7) is 6.02. The third-order valence-electron chi connectivity index (χ3n) is 6.15. The Balaban J connectivity index is 1.68. The zero-order valence-corrected chi connectivity index (χ0v) is 13.0. The SMILES string of the molecule is CC1CCC(CN)C(C2CCOC3(CCOCC3)C2)C1. The molecule has 4 unspecified atom stereocenters. The summed E-state index contributed by atoms with van der Waals surface area (Å²) >= 11 is 0. The lowest BCUT2D eigenvalue weighted by atomic mass is 9.64. The molecule has 3 heteroatoms. The van der Waals surface area contributed by atoms with E-state index in [9.17, 15) is 0 Å². The Morgan fingerprint density at radius 1 is 1.10 bits per heavy atom. The van der Waals surface area contributed by atoms with E-state index < -0.39 is 0 Å². The van der Waals surface area contributed by atoms with Gasteiger partial charge < -0.3 is 15.2 Å². The van der Waals surface area contributed by atoms with E-state index in [4.69, 9.17) is 15.2 Å². The van der Waals surface area contributed by atoms with Crippen molar-refractivity contribution in [2.75, 3.05) is 26.4 Å². The molecule has 3 fully saturated rings. The van der Waals surface area contributed by atoms with Crippen LogP contribution in [-0.4, -0.2) is 32.0 Å². The van der Waals surface area contributed by atoms with Gasteiger partial charge in [-0.3, -0.25) is 0 Å². The Hall–Kier alpha value is -0.120. The molecule has 1 aliphatic carbocycles. The standard InChI is InChI=1S/C17H31NO2/c1-13-2-3-15(12-18)16(10-13)14-4-7-20-17(11-14)5-8-19-9-6-17/h13-16H,2-12,18H2,1H3. The zero-order valence-electron chi connectivity index (χ0n) is 13.0. The van der Waals surface area contributed by atoms with Gasteiger partial charge in [0, 0.05) is 19.8 Å². The van der Waals surface area contributed by atoms with Gasteiger partial charge in [0.25, 0.3) is 0 Å². The van der Waals surface area contributed by atoms with Crippen LogP contribution in [-0.2, 0) is 9.47 Å². The van der Waals surface area contributed by atoms with Gasteiger partial charge in [0.2, 0.25) is 0 Å². The van der Waals surface area contributed by atoms with Crippen molar-refractivity contribution >= 4 is 0 Å². The van der Waals surface area contributed by atoms with Gasteiger partial charge in [-0.05, 0) is 68.7 Å². The van der Waals surface area contributed by atoms with E-state index in [0.29, 0.717) is 0 Å². The van der Waals surface area contributed by atoms with Crippen molar-refractivity contribution < 1.29 is 9.47 Å². The van der Waals surface area contributed by atoms with E-state index in [1.165, 1.54) is 32.1 Å². The average Bonchev–Trinajstić information content (AvgIpc) is 2.48. The zero-order chi connectivity index (χ0) is 14.0. The molecule has 2 aliphatic heterocycles. The smallest absolute Gasteiger partial charge is 0.0729 e. The van der Waals surface area contributed by atoms with Crippen LogP contribution < -0.4 is 5.73 Å². The number of ether oxygens (including phenoxy) is 2. The molecule has 116 valence electrons. The second-order valence-electron chi connectivity index (χ2n) is 7.47. The minimum Gasteiger partial charge on any atom is -0.381 e. The highest BCUT2D eigenvalue weighted by Crippen LogP contribution is 2.46. The van der Waals surface area contributed by atoms with Crippen LogP contribution in [0.4, 0.5) is 0 Å². The number of nitrogens with two attached hydrogens (primary N) is 1. The van der Waals surface area contributed by atoms with Crippen LogP contribution in [0.25, 0.3) is 0 Å². The minimum absolute atomic E-state index is 0.140. The van der Waals surface area contributed by atoms with Crippen LogP contribution in [0.15, 0.2) is 0 Å². The molecule has 2 saturated heterocycles. The monoisotopic (exact) mass is 281 g/mol. The van der Waals surface area contributed by atoms with Crippen LogP contribution >= 0.6 is 0 Å². The fraction of sp³-hybridized carbons (Fsp3) is 1.00.